The van der Waals surface area contributed by atoms with E-state index in [0.29, 0.717) is 9.75 Å². The lowest BCUT2D eigenvalue weighted by molar-refractivity contribution is 0.0546. The van der Waals surface area contributed by atoms with Crippen LogP contribution in [0.4, 0.5) is 0 Å². The number of hydrogen-bond acceptors (Lipinski definition) is 6. The van der Waals surface area contributed by atoms with E-state index in [1.54, 1.807) is 12.1 Å². The average Bonchev–Trinajstić information content (AvgIpc) is 3.27. The van der Waals surface area contributed by atoms with Gasteiger partial charge in [-0.25, -0.2) is 9.59 Å². The van der Waals surface area contributed by atoms with Crippen molar-refractivity contribution in [3.8, 4) is 0 Å². The molecule has 0 bridgehead atoms. The lowest BCUT2D eigenvalue weighted by Gasteiger charge is -2.00. The van der Waals surface area contributed by atoms with Crippen molar-refractivity contribution >= 4 is 86.6 Å². The summed E-state index contributed by atoms with van der Waals surface area (Å²) in [7, 11) is 0. The Bertz CT molecular complexity index is 912. The Balaban J connectivity index is 2.09. The molecule has 3 rings (SSSR count). The standard InChI is InChI=1S/C18H12Br2O4S2/c1-3-5-23-17(21)11-7-9-13(19)16-10(14(20)15(9)25-11)8-12(26-16)18(22)24-6-4-2/h3-4,7-8H,1-2,5-6H2. The molecule has 4 nitrogen and oxygen atoms in total. The largest absolute Gasteiger partial charge is 0.457 e. The quantitative estimate of drug-likeness (QED) is 0.284. The third kappa shape index (κ3) is 3.51. The summed E-state index contributed by atoms with van der Waals surface area (Å²) in [5.74, 6) is -0.774. The van der Waals surface area contributed by atoms with E-state index in [2.05, 4.69) is 45.0 Å². The number of carbonyl (C=O) groups excluding carboxylic acids is 2. The molecule has 0 aliphatic carbocycles. The first-order chi connectivity index (χ1) is 12.5. The molecule has 8 heteroatoms. The minimum atomic E-state index is -0.387. The number of rotatable bonds is 6. The topological polar surface area (TPSA) is 52.6 Å². The van der Waals surface area contributed by atoms with Gasteiger partial charge in [-0.15, -0.1) is 22.7 Å². The lowest BCUT2D eigenvalue weighted by Crippen LogP contribution is -2.02. The predicted octanol–water partition coefficient (Wildman–Crippen LogP) is 6.33. The van der Waals surface area contributed by atoms with Gasteiger partial charge in [0, 0.05) is 19.7 Å². The van der Waals surface area contributed by atoms with E-state index in [4.69, 9.17) is 9.47 Å². The van der Waals surface area contributed by atoms with E-state index in [1.165, 1.54) is 34.8 Å². The first-order valence-corrected chi connectivity index (χ1v) is 10.6. The number of thiophene rings is 2. The second kappa shape index (κ2) is 8.04. The first kappa shape index (κ1) is 19.3. The van der Waals surface area contributed by atoms with Gasteiger partial charge in [-0.2, -0.15) is 0 Å². The van der Waals surface area contributed by atoms with Crippen LogP contribution in [0.5, 0.6) is 0 Å². The highest BCUT2D eigenvalue weighted by Gasteiger charge is 2.21. The number of halogens is 2. The molecule has 3 aromatic rings. The van der Waals surface area contributed by atoms with Crippen LogP contribution < -0.4 is 0 Å². The van der Waals surface area contributed by atoms with Crippen LogP contribution in [0.15, 0.2) is 46.4 Å². The molecule has 2 aromatic heterocycles. The van der Waals surface area contributed by atoms with Gasteiger partial charge in [0.05, 0.1) is 9.40 Å². The SMILES string of the molecule is C=CCOC(=O)c1cc2c(Br)c3sc(C(=O)OCC=C)cc3c(Br)c2s1. The van der Waals surface area contributed by atoms with Gasteiger partial charge in [0.25, 0.3) is 0 Å². The Hall–Kier alpha value is -1.48. The molecule has 0 aliphatic heterocycles. The summed E-state index contributed by atoms with van der Waals surface area (Å²) in [6.45, 7) is 7.41. The second-order valence-electron chi connectivity index (χ2n) is 5.11. The summed E-state index contributed by atoms with van der Waals surface area (Å²) < 4.78 is 13.7. The van der Waals surface area contributed by atoms with Crippen molar-refractivity contribution in [2.45, 2.75) is 0 Å². The highest BCUT2D eigenvalue weighted by Crippen LogP contribution is 2.46. The van der Waals surface area contributed by atoms with Crippen LogP contribution >= 0.6 is 54.5 Å². The molecule has 1 aromatic carbocycles. The highest BCUT2D eigenvalue weighted by molar-refractivity contribution is 9.11. The minimum Gasteiger partial charge on any atom is -0.457 e. The van der Waals surface area contributed by atoms with E-state index in [-0.39, 0.29) is 25.2 Å². The monoisotopic (exact) mass is 514 g/mol. The molecule has 0 fully saturated rings. The molecule has 0 aliphatic rings. The minimum absolute atomic E-state index is 0.167. The molecular formula is C18H12Br2O4S2. The molecule has 0 unspecified atom stereocenters. The second-order valence-corrected chi connectivity index (χ2v) is 8.80. The van der Waals surface area contributed by atoms with Crippen molar-refractivity contribution < 1.29 is 19.1 Å². The van der Waals surface area contributed by atoms with Crippen molar-refractivity contribution in [2.24, 2.45) is 0 Å². The maximum absolute atomic E-state index is 12.1. The molecule has 134 valence electrons. The maximum Gasteiger partial charge on any atom is 0.348 e. The fraction of sp³-hybridized carbons (Fsp3) is 0.111. The average molecular weight is 516 g/mol. The van der Waals surface area contributed by atoms with E-state index >= 15 is 0 Å². The van der Waals surface area contributed by atoms with Gasteiger partial charge in [-0.3, -0.25) is 0 Å². The lowest BCUT2D eigenvalue weighted by atomic mass is 10.2. The Kier molecular flexibility index (Phi) is 5.96. The Labute approximate surface area is 174 Å². The van der Waals surface area contributed by atoms with Crippen LogP contribution in [0.1, 0.15) is 19.3 Å². The molecule has 0 N–H and O–H groups in total. The van der Waals surface area contributed by atoms with Crippen LogP contribution in [0.25, 0.3) is 20.2 Å². The fourth-order valence-electron chi connectivity index (χ4n) is 2.29. The van der Waals surface area contributed by atoms with Crippen LogP contribution in [-0.2, 0) is 9.47 Å². The number of esters is 2. The smallest absolute Gasteiger partial charge is 0.348 e. The van der Waals surface area contributed by atoms with E-state index < -0.39 is 0 Å². The van der Waals surface area contributed by atoms with Crippen LogP contribution in [0.2, 0.25) is 0 Å². The van der Waals surface area contributed by atoms with Crippen molar-refractivity contribution in [2.75, 3.05) is 13.2 Å². The van der Waals surface area contributed by atoms with E-state index in [9.17, 15) is 9.59 Å². The van der Waals surface area contributed by atoms with Crippen LogP contribution in [0, 0.1) is 0 Å². The number of fused-ring (bicyclic) bond motifs is 2. The molecule has 0 spiro atoms. The molecule has 0 saturated carbocycles. The van der Waals surface area contributed by atoms with Crippen LogP contribution in [0.3, 0.4) is 0 Å². The molecule has 0 atom stereocenters. The molecular weight excluding hydrogens is 504 g/mol. The summed E-state index contributed by atoms with van der Waals surface area (Å²) in [5.41, 5.74) is 0. The normalized spacial score (nSPS) is 10.8. The van der Waals surface area contributed by atoms with Gasteiger partial charge in [0.2, 0.25) is 0 Å². The van der Waals surface area contributed by atoms with Crippen molar-refractivity contribution in [3.05, 3.63) is 56.1 Å². The molecule has 0 amide bonds. The Morgan fingerprint density at radius 1 is 0.885 bits per heavy atom. The number of carbonyl (C=O) groups is 2. The molecule has 26 heavy (non-hydrogen) atoms. The molecule has 0 saturated heterocycles. The first-order valence-electron chi connectivity index (χ1n) is 7.38. The zero-order valence-electron chi connectivity index (χ0n) is 13.3. The maximum atomic E-state index is 12.1. The number of hydrogen-bond donors (Lipinski definition) is 0. The zero-order valence-corrected chi connectivity index (χ0v) is 18.1. The summed E-state index contributed by atoms with van der Waals surface area (Å²) in [4.78, 5) is 25.2. The number of ether oxygens (including phenoxy) is 2. The van der Waals surface area contributed by atoms with Gasteiger partial charge < -0.3 is 9.47 Å². The third-order valence-electron chi connectivity index (χ3n) is 3.40. The summed E-state index contributed by atoms with van der Waals surface area (Å²) >= 11 is 9.88. The van der Waals surface area contributed by atoms with Gasteiger partial charge in [-0.1, -0.05) is 25.3 Å². The fourth-order valence-corrected chi connectivity index (χ4v) is 6.11. The van der Waals surface area contributed by atoms with Crippen LogP contribution in [-0.4, -0.2) is 25.2 Å². The van der Waals surface area contributed by atoms with E-state index in [0.717, 1.165) is 29.1 Å². The van der Waals surface area contributed by atoms with Gasteiger partial charge in [0.15, 0.2) is 0 Å². The summed E-state index contributed by atoms with van der Waals surface area (Å²) in [6, 6.07) is 3.57. The summed E-state index contributed by atoms with van der Waals surface area (Å²) in [5, 5.41) is 1.76. The Morgan fingerprint density at radius 2 is 1.27 bits per heavy atom. The molecule has 0 radical (unpaired) electrons. The van der Waals surface area contributed by atoms with Gasteiger partial charge in [-0.05, 0) is 44.0 Å². The van der Waals surface area contributed by atoms with Crippen molar-refractivity contribution in [1.29, 1.82) is 0 Å². The zero-order chi connectivity index (χ0) is 18.8. The highest BCUT2D eigenvalue weighted by atomic mass is 79.9. The van der Waals surface area contributed by atoms with Gasteiger partial charge >= 0.3 is 11.9 Å². The Morgan fingerprint density at radius 3 is 1.62 bits per heavy atom. The number of benzene rings is 1. The van der Waals surface area contributed by atoms with Gasteiger partial charge in [0.1, 0.15) is 23.0 Å². The summed E-state index contributed by atoms with van der Waals surface area (Å²) in [6.07, 6.45) is 3.06. The third-order valence-corrected chi connectivity index (χ3v) is 7.84. The molecule has 2 heterocycles. The predicted molar refractivity (Wildman–Crippen MR) is 114 cm³/mol. The van der Waals surface area contributed by atoms with Crippen molar-refractivity contribution in [3.63, 3.8) is 0 Å². The van der Waals surface area contributed by atoms with Crippen molar-refractivity contribution in [1.82, 2.24) is 0 Å². The van der Waals surface area contributed by atoms with E-state index in [1.807, 2.05) is 0 Å².